The standard InChI is InChI=1S/C58H38N2O/c1-2-13-39(14-3-1)40-27-32-45(33-28-40)59(47-18-11-17-44(38-47)49-23-12-26-56-57(49)53-36-31-42-15-4-5-20-50(42)58(53)61-56)46-34-29-41(30-35-46)43-16-10-19-48(37-43)60-54-24-8-6-21-51(54)52-22-7-9-25-55(52)60/h1-38H. The molecule has 0 amide bonds. The molecule has 2 heterocycles. The lowest BCUT2D eigenvalue weighted by Crippen LogP contribution is -2.10. The van der Waals surface area contributed by atoms with Gasteiger partial charge in [-0.1, -0.05) is 158 Å². The quantitative estimate of drug-likeness (QED) is 0.161. The average Bonchev–Trinajstić information content (AvgIpc) is 3.89. The molecule has 12 rings (SSSR count). The van der Waals surface area contributed by atoms with Crippen LogP contribution in [-0.2, 0) is 0 Å². The summed E-state index contributed by atoms with van der Waals surface area (Å²) in [5, 5.41) is 7.08. The monoisotopic (exact) mass is 778 g/mol. The highest BCUT2D eigenvalue weighted by Gasteiger charge is 2.18. The van der Waals surface area contributed by atoms with Crippen LogP contribution in [0.4, 0.5) is 17.1 Å². The molecular weight excluding hydrogens is 741 g/mol. The highest BCUT2D eigenvalue weighted by molar-refractivity contribution is 6.19. The van der Waals surface area contributed by atoms with Crippen molar-refractivity contribution in [3.63, 3.8) is 0 Å². The zero-order valence-electron chi connectivity index (χ0n) is 33.2. The van der Waals surface area contributed by atoms with Crippen molar-refractivity contribution in [1.82, 2.24) is 4.57 Å². The molecule has 2 aromatic heterocycles. The molecule has 0 aliphatic rings. The van der Waals surface area contributed by atoms with Crippen molar-refractivity contribution in [3.8, 4) is 39.1 Å². The molecule has 0 aliphatic heterocycles. The van der Waals surface area contributed by atoms with Gasteiger partial charge in [0.25, 0.3) is 0 Å². The molecule has 0 radical (unpaired) electrons. The largest absolute Gasteiger partial charge is 0.455 e. The molecule has 0 unspecified atom stereocenters. The zero-order chi connectivity index (χ0) is 40.3. The van der Waals surface area contributed by atoms with E-state index in [4.69, 9.17) is 4.42 Å². The summed E-state index contributed by atoms with van der Waals surface area (Å²) in [7, 11) is 0. The third-order valence-electron chi connectivity index (χ3n) is 12.2. The van der Waals surface area contributed by atoms with Crippen molar-refractivity contribution in [2.45, 2.75) is 0 Å². The van der Waals surface area contributed by atoms with Crippen LogP contribution in [0.15, 0.2) is 235 Å². The predicted octanol–water partition coefficient (Wildman–Crippen LogP) is 16.3. The van der Waals surface area contributed by atoms with E-state index in [1.54, 1.807) is 0 Å². The van der Waals surface area contributed by atoms with Gasteiger partial charge in [-0.15, -0.1) is 0 Å². The second-order valence-electron chi connectivity index (χ2n) is 15.7. The summed E-state index contributed by atoms with van der Waals surface area (Å²) in [6, 6.07) is 82.8. The lowest BCUT2D eigenvalue weighted by atomic mass is 9.97. The number of para-hydroxylation sites is 2. The van der Waals surface area contributed by atoms with Crippen molar-refractivity contribution < 1.29 is 4.42 Å². The minimum atomic E-state index is 0.889. The Balaban J connectivity index is 0.962. The number of fused-ring (bicyclic) bond motifs is 8. The number of furan rings is 1. The first-order chi connectivity index (χ1) is 30.2. The van der Waals surface area contributed by atoms with E-state index in [0.717, 1.165) is 66.8 Å². The molecule has 3 nitrogen and oxygen atoms in total. The second kappa shape index (κ2) is 14.3. The van der Waals surface area contributed by atoms with Gasteiger partial charge in [0.15, 0.2) is 0 Å². The molecule has 3 heteroatoms. The first kappa shape index (κ1) is 34.9. The number of rotatable bonds is 7. The van der Waals surface area contributed by atoms with Gasteiger partial charge in [0.1, 0.15) is 11.2 Å². The fourth-order valence-corrected chi connectivity index (χ4v) is 9.32. The first-order valence-electron chi connectivity index (χ1n) is 20.8. The van der Waals surface area contributed by atoms with Gasteiger partial charge >= 0.3 is 0 Å². The lowest BCUT2D eigenvalue weighted by Gasteiger charge is -2.26. The maximum atomic E-state index is 6.59. The number of nitrogens with zero attached hydrogens (tertiary/aromatic N) is 2. The Labute approximate surface area is 353 Å². The summed E-state index contributed by atoms with van der Waals surface area (Å²) in [6.45, 7) is 0. The Bertz CT molecular complexity index is 3520. The Kier molecular flexibility index (Phi) is 8.17. The summed E-state index contributed by atoms with van der Waals surface area (Å²) >= 11 is 0. The van der Waals surface area contributed by atoms with Crippen LogP contribution in [0.5, 0.6) is 0 Å². The van der Waals surface area contributed by atoms with Crippen LogP contribution in [0.1, 0.15) is 0 Å². The molecule has 0 saturated heterocycles. The molecule has 0 bridgehead atoms. The normalized spacial score (nSPS) is 11.6. The summed E-state index contributed by atoms with van der Waals surface area (Å²) in [6.07, 6.45) is 0. The molecule has 0 spiro atoms. The Morgan fingerprint density at radius 1 is 0.344 bits per heavy atom. The zero-order valence-corrected chi connectivity index (χ0v) is 33.2. The summed E-state index contributed by atoms with van der Waals surface area (Å²) in [5.41, 5.74) is 15.6. The van der Waals surface area contributed by atoms with E-state index in [9.17, 15) is 0 Å². The van der Waals surface area contributed by atoms with Gasteiger partial charge in [-0.3, -0.25) is 0 Å². The summed E-state index contributed by atoms with van der Waals surface area (Å²) in [5.74, 6) is 0. The van der Waals surface area contributed by atoms with Crippen molar-refractivity contribution in [3.05, 3.63) is 231 Å². The molecule has 61 heavy (non-hydrogen) atoms. The van der Waals surface area contributed by atoms with Crippen molar-refractivity contribution in [1.29, 1.82) is 0 Å². The Morgan fingerprint density at radius 2 is 0.918 bits per heavy atom. The summed E-state index contributed by atoms with van der Waals surface area (Å²) < 4.78 is 8.97. The van der Waals surface area contributed by atoms with Crippen LogP contribution in [-0.4, -0.2) is 4.57 Å². The predicted molar refractivity (Wildman–Crippen MR) is 257 cm³/mol. The molecule has 10 aromatic carbocycles. The number of hydrogen-bond donors (Lipinski definition) is 0. The molecular formula is C58H38N2O. The average molecular weight is 779 g/mol. The van der Waals surface area contributed by atoms with Crippen molar-refractivity contribution >= 4 is 71.6 Å². The van der Waals surface area contributed by atoms with E-state index in [2.05, 4.69) is 240 Å². The van der Waals surface area contributed by atoms with Crippen molar-refractivity contribution in [2.24, 2.45) is 0 Å². The fourth-order valence-electron chi connectivity index (χ4n) is 9.32. The van der Waals surface area contributed by atoms with Gasteiger partial charge in [0.05, 0.1) is 11.0 Å². The van der Waals surface area contributed by atoms with Gasteiger partial charge in [-0.05, 0) is 112 Å². The van der Waals surface area contributed by atoms with Gasteiger partial charge in [0, 0.05) is 49.7 Å². The number of aromatic nitrogens is 1. The molecule has 0 atom stereocenters. The molecule has 286 valence electrons. The van der Waals surface area contributed by atoms with Crippen LogP contribution in [0.2, 0.25) is 0 Å². The first-order valence-corrected chi connectivity index (χ1v) is 20.8. The highest BCUT2D eigenvalue weighted by atomic mass is 16.3. The van der Waals surface area contributed by atoms with Gasteiger partial charge in [-0.2, -0.15) is 0 Å². The number of benzene rings is 10. The lowest BCUT2D eigenvalue weighted by molar-refractivity contribution is 0.673. The number of anilines is 3. The molecule has 0 aliphatic carbocycles. The van der Waals surface area contributed by atoms with E-state index in [0.29, 0.717) is 0 Å². The smallest absolute Gasteiger partial charge is 0.143 e. The van der Waals surface area contributed by atoms with Crippen molar-refractivity contribution in [2.75, 3.05) is 4.90 Å². The van der Waals surface area contributed by atoms with Crippen LogP contribution >= 0.6 is 0 Å². The molecule has 0 saturated carbocycles. The van der Waals surface area contributed by atoms with Gasteiger partial charge in [-0.25, -0.2) is 0 Å². The third kappa shape index (κ3) is 5.90. The van der Waals surface area contributed by atoms with E-state index in [-0.39, 0.29) is 0 Å². The van der Waals surface area contributed by atoms with Gasteiger partial charge in [0.2, 0.25) is 0 Å². The van der Waals surface area contributed by atoms with Crippen LogP contribution < -0.4 is 4.90 Å². The fraction of sp³-hybridized carbons (Fsp3) is 0. The molecule has 12 aromatic rings. The molecule has 0 N–H and O–H groups in total. The van der Waals surface area contributed by atoms with E-state index < -0.39 is 0 Å². The second-order valence-corrected chi connectivity index (χ2v) is 15.7. The van der Waals surface area contributed by atoms with Crippen LogP contribution in [0.25, 0.3) is 93.6 Å². The van der Waals surface area contributed by atoms with E-state index in [1.165, 1.54) is 43.9 Å². The maximum absolute atomic E-state index is 6.59. The van der Waals surface area contributed by atoms with Gasteiger partial charge < -0.3 is 13.9 Å². The van der Waals surface area contributed by atoms with E-state index >= 15 is 0 Å². The Morgan fingerprint density at radius 3 is 1.66 bits per heavy atom. The minimum absolute atomic E-state index is 0.889. The summed E-state index contributed by atoms with van der Waals surface area (Å²) in [4.78, 5) is 2.36. The highest BCUT2D eigenvalue weighted by Crippen LogP contribution is 2.43. The Hall–Kier alpha value is -8.14. The third-order valence-corrected chi connectivity index (χ3v) is 12.2. The van der Waals surface area contributed by atoms with Crippen LogP contribution in [0, 0.1) is 0 Å². The topological polar surface area (TPSA) is 21.3 Å². The minimum Gasteiger partial charge on any atom is -0.455 e. The molecule has 0 fully saturated rings. The maximum Gasteiger partial charge on any atom is 0.143 e. The number of hydrogen-bond acceptors (Lipinski definition) is 2. The van der Waals surface area contributed by atoms with E-state index in [1.807, 2.05) is 0 Å². The SMILES string of the molecule is c1ccc(-c2ccc(N(c3ccc(-c4cccc(-n5c6ccccc6c6ccccc65)c4)cc3)c3cccc(-c4cccc5oc6c7ccccc7ccc6c45)c3)cc2)cc1. The van der Waals surface area contributed by atoms with Crippen LogP contribution in [0.3, 0.4) is 0 Å².